The highest BCUT2D eigenvalue weighted by molar-refractivity contribution is 7.98. The number of furan rings is 1. The summed E-state index contributed by atoms with van der Waals surface area (Å²) < 4.78 is 7.73. The van der Waals surface area contributed by atoms with E-state index in [9.17, 15) is 0 Å². The van der Waals surface area contributed by atoms with Crippen molar-refractivity contribution in [2.24, 2.45) is 0 Å². The first kappa shape index (κ1) is 23.6. The van der Waals surface area contributed by atoms with Crippen LogP contribution in [0.4, 0.5) is 0 Å². The Kier molecular flexibility index (Phi) is 7.24. The summed E-state index contributed by atoms with van der Waals surface area (Å²) in [5.74, 6) is 3.22. The van der Waals surface area contributed by atoms with Crippen LogP contribution in [0.1, 0.15) is 54.9 Å². The van der Waals surface area contributed by atoms with Gasteiger partial charge >= 0.3 is 0 Å². The molecule has 0 aliphatic rings. The molecule has 0 radical (unpaired) electrons. The monoisotopic (exact) mass is 479 g/mol. The lowest BCUT2D eigenvalue weighted by Crippen LogP contribution is -2.10. The second-order valence-electron chi connectivity index (χ2n) is 9.02. The van der Waals surface area contributed by atoms with Crippen molar-refractivity contribution in [1.29, 1.82) is 0 Å². The van der Waals surface area contributed by atoms with Gasteiger partial charge in [-0.1, -0.05) is 68.6 Å². The summed E-state index contributed by atoms with van der Waals surface area (Å²) in [4.78, 5) is 9.06. The van der Waals surface area contributed by atoms with Gasteiger partial charge in [0.2, 0.25) is 0 Å². The SMILES string of the molecule is Cc1cc(C)nc(SCc2nnc(SCc3ccc(C(C)(C)C)cc3)n2Cc2ccco2)n1. The van der Waals surface area contributed by atoms with Gasteiger partial charge in [0.05, 0.1) is 18.6 Å². The fraction of sp³-hybridized carbons (Fsp3) is 0.360. The number of thioether (sulfide) groups is 2. The topological polar surface area (TPSA) is 69.6 Å². The summed E-state index contributed by atoms with van der Waals surface area (Å²) in [7, 11) is 0. The van der Waals surface area contributed by atoms with Crippen molar-refractivity contribution < 1.29 is 4.42 Å². The van der Waals surface area contributed by atoms with E-state index in [4.69, 9.17) is 4.42 Å². The number of hydrogen-bond donors (Lipinski definition) is 0. The molecule has 0 N–H and O–H groups in total. The van der Waals surface area contributed by atoms with Crippen LogP contribution in [0.5, 0.6) is 0 Å². The number of aromatic nitrogens is 5. The van der Waals surface area contributed by atoms with Crippen LogP contribution >= 0.6 is 23.5 Å². The van der Waals surface area contributed by atoms with E-state index in [1.807, 2.05) is 32.0 Å². The molecule has 3 heterocycles. The Morgan fingerprint density at radius 3 is 2.27 bits per heavy atom. The van der Waals surface area contributed by atoms with Gasteiger partial charge in [-0.2, -0.15) is 0 Å². The van der Waals surface area contributed by atoms with Crippen molar-refractivity contribution in [2.75, 3.05) is 0 Å². The Labute approximate surface area is 203 Å². The van der Waals surface area contributed by atoms with Gasteiger partial charge in [-0.05, 0) is 48.6 Å². The van der Waals surface area contributed by atoms with E-state index >= 15 is 0 Å². The third kappa shape index (κ3) is 6.26. The Morgan fingerprint density at radius 1 is 0.909 bits per heavy atom. The van der Waals surface area contributed by atoms with Gasteiger partial charge in [0.15, 0.2) is 10.3 Å². The lowest BCUT2D eigenvalue weighted by molar-refractivity contribution is 0.480. The zero-order valence-electron chi connectivity index (χ0n) is 19.7. The van der Waals surface area contributed by atoms with Crippen LogP contribution in [-0.2, 0) is 23.5 Å². The van der Waals surface area contributed by atoms with Gasteiger partial charge in [0, 0.05) is 17.1 Å². The summed E-state index contributed by atoms with van der Waals surface area (Å²) in [6.45, 7) is 11.3. The number of nitrogens with zero attached hydrogens (tertiary/aromatic N) is 5. The van der Waals surface area contributed by atoms with E-state index in [1.54, 1.807) is 29.8 Å². The lowest BCUT2D eigenvalue weighted by atomic mass is 9.87. The van der Waals surface area contributed by atoms with Gasteiger partial charge in [-0.3, -0.25) is 4.57 Å². The molecule has 0 atom stereocenters. The zero-order chi connectivity index (χ0) is 23.4. The van der Waals surface area contributed by atoms with Crippen molar-refractivity contribution in [3.8, 4) is 0 Å². The molecule has 0 aliphatic heterocycles. The van der Waals surface area contributed by atoms with E-state index in [0.717, 1.165) is 39.0 Å². The van der Waals surface area contributed by atoms with E-state index in [2.05, 4.69) is 69.8 Å². The molecule has 33 heavy (non-hydrogen) atoms. The molecule has 4 rings (SSSR count). The third-order valence-corrected chi connectivity index (χ3v) is 7.05. The molecule has 0 amide bonds. The minimum atomic E-state index is 0.154. The molecule has 4 aromatic rings. The maximum Gasteiger partial charge on any atom is 0.191 e. The van der Waals surface area contributed by atoms with Crippen LogP contribution in [-0.4, -0.2) is 24.7 Å². The largest absolute Gasteiger partial charge is 0.467 e. The molecule has 172 valence electrons. The average Bonchev–Trinajstić information content (AvgIpc) is 3.40. The zero-order valence-corrected chi connectivity index (χ0v) is 21.3. The van der Waals surface area contributed by atoms with Crippen molar-refractivity contribution >= 4 is 23.5 Å². The van der Waals surface area contributed by atoms with Gasteiger partial charge in [0.25, 0.3) is 0 Å². The first-order valence-electron chi connectivity index (χ1n) is 10.9. The Bertz CT molecular complexity index is 1170. The maximum absolute atomic E-state index is 5.60. The van der Waals surface area contributed by atoms with Crippen molar-refractivity contribution in [3.63, 3.8) is 0 Å². The predicted molar refractivity (Wildman–Crippen MR) is 134 cm³/mol. The fourth-order valence-electron chi connectivity index (χ4n) is 3.39. The molecule has 0 aliphatic carbocycles. The summed E-state index contributed by atoms with van der Waals surface area (Å²) >= 11 is 3.26. The van der Waals surface area contributed by atoms with Crippen LogP contribution in [0.25, 0.3) is 0 Å². The minimum Gasteiger partial charge on any atom is -0.467 e. The average molecular weight is 480 g/mol. The number of aryl methyl sites for hydroxylation is 2. The molecule has 0 spiro atoms. The van der Waals surface area contributed by atoms with Gasteiger partial charge in [-0.15, -0.1) is 10.2 Å². The Hall–Kier alpha value is -2.58. The van der Waals surface area contributed by atoms with E-state index < -0.39 is 0 Å². The highest BCUT2D eigenvalue weighted by atomic mass is 32.2. The van der Waals surface area contributed by atoms with Crippen LogP contribution < -0.4 is 0 Å². The highest BCUT2D eigenvalue weighted by Crippen LogP contribution is 2.28. The maximum atomic E-state index is 5.60. The summed E-state index contributed by atoms with van der Waals surface area (Å²) in [6.07, 6.45) is 1.70. The molecule has 0 saturated heterocycles. The number of hydrogen-bond acceptors (Lipinski definition) is 7. The Morgan fingerprint density at radius 2 is 1.64 bits per heavy atom. The van der Waals surface area contributed by atoms with Crippen LogP contribution in [0.15, 0.2) is 63.5 Å². The molecule has 1 aromatic carbocycles. The molecule has 8 heteroatoms. The fourth-order valence-corrected chi connectivity index (χ4v) is 5.19. The molecule has 0 saturated carbocycles. The molecule has 0 unspecified atom stereocenters. The first-order chi connectivity index (χ1) is 15.8. The van der Waals surface area contributed by atoms with Gasteiger partial charge < -0.3 is 4.42 Å². The predicted octanol–water partition coefficient (Wildman–Crippen LogP) is 6.21. The second kappa shape index (κ2) is 10.1. The molecule has 0 bridgehead atoms. The van der Waals surface area contributed by atoms with Gasteiger partial charge in [-0.25, -0.2) is 9.97 Å². The normalized spacial score (nSPS) is 11.8. The van der Waals surface area contributed by atoms with Gasteiger partial charge in [0.1, 0.15) is 11.6 Å². The summed E-state index contributed by atoms with van der Waals surface area (Å²) in [5.41, 5.74) is 4.69. The quantitative estimate of drug-likeness (QED) is 0.220. The molecular weight excluding hydrogens is 450 g/mol. The van der Waals surface area contributed by atoms with Crippen molar-refractivity contribution in [1.82, 2.24) is 24.7 Å². The smallest absolute Gasteiger partial charge is 0.191 e. The van der Waals surface area contributed by atoms with Crippen molar-refractivity contribution in [2.45, 2.75) is 68.4 Å². The van der Waals surface area contributed by atoms with Crippen molar-refractivity contribution in [3.05, 3.63) is 82.8 Å². The number of rotatable bonds is 8. The van der Waals surface area contributed by atoms with Crippen LogP contribution in [0.2, 0.25) is 0 Å². The number of benzene rings is 1. The molecular formula is C25H29N5OS2. The highest BCUT2D eigenvalue weighted by Gasteiger charge is 2.16. The second-order valence-corrected chi connectivity index (χ2v) is 10.9. The Balaban J connectivity index is 1.50. The molecule has 6 nitrogen and oxygen atoms in total. The molecule has 0 fully saturated rings. The van der Waals surface area contributed by atoms with E-state index in [-0.39, 0.29) is 5.41 Å². The first-order valence-corrected chi connectivity index (χ1v) is 12.9. The molecule has 3 aromatic heterocycles. The summed E-state index contributed by atoms with van der Waals surface area (Å²) in [6, 6.07) is 14.7. The van der Waals surface area contributed by atoms with E-state index in [1.165, 1.54) is 11.1 Å². The standard InChI is InChI=1S/C25H29N5OS2/c1-17-13-18(2)27-23(26-17)32-16-22-28-29-24(30(22)14-21-7-6-12-31-21)33-15-19-8-10-20(11-9-19)25(3,4)5/h6-13H,14-16H2,1-5H3. The van der Waals surface area contributed by atoms with Crippen LogP contribution in [0, 0.1) is 13.8 Å². The lowest BCUT2D eigenvalue weighted by Gasteiger charge is -2.19. The van der Waals surface area contributed by atoms with Crippen LogP contribution in [0.3, 0.4) is 0 Å². The minimum absolute atomic E-state index is 0.154. The summed E-state index contributed by atoms with van der Waals surface area (Å²) in [5, 5.41) is 10.6. The third-order valence-electron chi connectivity index (χ3n) is 5.17. The van der Waals surface area contributed by atoms with E-state index in [0.29, 0.717) is 12.3 Å².